The number of methoxy groups -OCH3 is 1. The van der Waals surface area contributed by atoms with Crippen LogP contribution in [0.1, 0.15) is 55.5 Å². The molecule has 1 atom stereocenters. The molecule has 0 radical (unpaired) electrons. The van der Waals surface area contributed by atoms with Crippen molar-refractivity contribution >= 4 is 6.08 Å². The molecule has 0 aromatic heterocycles. The number of benzene rings is 2. The third-order valence-corrected chi connectivity index (χ3v) is 4.66. The van der Waals surface area contributed by atoms with E-state index in [0.29, 0.717) is 18.6 Å². The van der Waals surface area contributed by atoms with Gasteiger partial charge in [-0.2, -0.15) is 0 Å². The molecular formula is C24H33NO. The fraction of sp³-hybridized carbons (Fsp3) is 0.417. The zero-order valence-electron chi connectivity index (χ0n) is 16.9. The first kappa shape index (κ1) is 20.4. The number of aryl methyl sites for hydroxylation is 1. The van der Waals surface area contributed by atoms with Crippen molar-refractivity contribution in [1.82, 2.24) is 5.32 Å². The molecule has 0 spiro atoms. The number of rotatable bonds is 9. The van der Waals surface area contributed by atoms with E-state index in [9.17, 15) is 0 Å². The minimum atomic E-state index is 0.383. The molecule has 2 aromatic rings. The summed E-state index contributed by atoms with van der Waals surface area (Å²) in [7, 11) is 1.74. The first-order valence-corrected chi connectivity index (χ1v) is 9.54. The fourth-order valence-corrected chi connectivity index (χ4v) is 3.33. The molecule has 2 rings (SSSR count). The van der Waals surface area contributed by atoms with Crippen LogP contribution < -0.4 is 5.32 Å². The lowest BCUT2D eigenvalue weighted by molar-refractivity contribution is 0.184. The van der Waals surface area contributed by atoms with Gasteiger partial charge in [0.25, 0.3) is 0 Å². The van der Waals surface area contributed by atoms with Gasteiger partial charge in [-0.3, -0.25) is 0 Å². The lowest BCUT2D eigenvalue weighted by atomic mass is 9.93. The van der Waals surface area contributed by atoms with Gasteiger partial charge < -0.3 is 10.1 Å². The van der Waals surface area contributed by atoms with Gasteiger partial charge in [-0.1, -0.05) is 74.0 Å². The summed E-state index contributed by atoms with van der Waals surface area (Å²) in [5, 5.41) is 3.78. The van der Waals surface area contributed by atoms with E-state index in [1.807, 2.05) is 0 Å². The van der Waals surface area contributed by atoms with Crippen molar-refractivity contribution in [2.45, 2.75) is 46.8 Å². The van der Waals surface area contributed by atoms with Gasteiger partial charge in [0.05, 0.1) is 6.61 Å². The molecule has 2 nitrogen and oxygen atoms in total. The third-order valence-electron chi connectivity index (χ3n) is 4.66. The van der Waals surface area contributed by atoms with E-state index in [2.05, 4.69) is 87.6 Å². The third kappa shape index (κ3) is 6.12. The number of nitrogens with one attached hydrogen (secondary N) is 1. The van der Waals surface area contributed by atoms with Crippen LogP contribution in [0.2, 0.25) is 0 Å². The monoisotopic (exact) mass is 351 g/mol. The van der Waals surface area contributed by atoms with Crippen molar-refractivity contribution in [3.8, 4) is 0 Å². The minimum Gasteiger partial charge on any atom is -0.380 e. The minimum absolute atomic E-state index is 0.383. The summed E-state index contributed by atoms with van der Waals surface area (Å²) in [5.74, 6) is 0.652. The number of hydrogen-bond donors (Lipinski definition) is 1. The summed E-state index contributed by atoms with van der Waals surface area (Å²) in [6.45, 7) is 10.5. The SMILES string of the molecule is COCc1ccccc1/C=C(\C)CNC(CC(C)C)c1ccccc1C. The second-order valence-electron chi connectivity index (χ2n) is 7.54. The van der Waals surface area contributed by atoms with Crippen LogP contribution >= 0.6 is 0 Å². The molecule has 0 saturated carbocycles. The highest BCUT2D eigenvalue weighted by Gasteiger charge is 2.14. The van der Waals surface area contributed by atoms with Crippen LogP contribution in [-0.2, 0) is 11.3 Å². The molecule has 2 heteroatoms. The smallest absolute Gasteiger partial charge is 0.0718 e. The Morgan fingerprint density at radius 2 is 1.77 bits per heavy atom. The Morgan fingerprint density at radius 1 is 1.08 bits per heavy atom. The highest BCUT2D eigenvalue weighted by molar-refractivity contribution is 5.56. The number of hydrogen-bond acceptors (Lipinski definition) is 2. The highest BCUT2D eigenvalue weighted by atomic mass is 16.5. The van der Waals surface area contributed by atoms with Gasteiger partial charge >= 0.3 is 0 Å². The van der Waals surface area contributed by atoms with E-state index in [1.54, 1.807) is 7.11 Å². The highest BCUT2D eigenvalue weighted by Crippen LogP contribution is 2.24. The summed E-state index contributed by atoms with van der Waals surface area (Å²) in [6, 6.07) is 17.5. The molecule has 1 unspecified atom stereocenters. The molecule has 1 N–H and O–H groups in total. The molecule has 0 bridgehead atoms. The predicted octanol–water partition coefficient (Wildman–Crippen LogP) is 5.92. The van der Waals surface area contributed by atoms with Gasteiger partial charge in [0.2, 0.25) is 0 Å². The maximum Gasteiger partial charge on any atom is 0.0718 e. The van der Waals surface area contributed by atoms with Crippen molar-refractivity contribution in [3.05, 3.63) is 76.4 Å². The first-order valence-electron chi connectivity index (χ1n) is 9.54. The molecule has 2 aromatic carbocycles. The van der Waals surface area contributed by atoms with Gasteiger partial charge in [-0.05, 0) is 48.4 Å². The molecule has 0 aliphatic heterocycles. The van der Waals surface area contributed by atoms with Gasteiger partial charge in [0.15, 0.2) is 0 Å². The molecule has 0 fully saturated rings. The van der Waals surface area contributed by atoms with Gasteiger partial charge in [0.1, 0.15) is 0 Å². The Labute approximate surface area is 159 Å². The number of ether oxygens (including phenoxy) is 1. The molecule has 0 aliphatic rings. The lowest BCUT2D eigenvalue weighted by Crippen LogP contribution is -2.25. The van der Waals surface area contributed by atoms with E-state index in [0.717, 1.165) is 13.0 Å². The van der Waals surface area contributed by atoms with Gasteiger partial charge in [-0.25, -0.2) is 0 Å². The Kier molecular flexibility index (Phi) is 8.08. The largest absolute Gasteiger partial charge is 0.380 e. The summed E-state index contributed by atoms with van der Waals surface area (Å²) in [4.78, 5) is 0. The van der Waals surface area contributed by atoms with Crippen molar-refractivity contribution in [3.63, 3.8) is 0 Å². The van der Waals surface area contributed by atoms with Gasteiger partial charge in [-0.15, -0.1) is 0 Å². The van der Waals surface area contributed by atoms with Crippen LogP contribution in [0.4, 0.5) is 0 Å². The van der Waals surface area contributed by atoms with E-state index in [4.69, 9.17) is 4.74 Å². The van der Waals surface area contributed by atoms with Crippen molar-refractivity contribution in [2.24, 2.45) is 5.92 Å². The Hall–Kier alpha value is -1.90. The summed E-state index contributed by atoms with van der Waals surface area (Å²) in [6.07, 6.45) is 3.41. The molecule has 0 saturated heterocycles. The fourth-order valence-electron chi connectivity index (χ4n) is 3.33. The predicted molar refractivity (Wildman–Crippen MR) is 112 cm³/mol. The normalized spacial score (nSPS) is 13.2. The van der Waals surface area contributed by atoms with Crippen LogP contribution in [0.25, 0.3) is 6.08 Å². The van der Waals surface area contributed by atoms with Crippen LogP contribution in [0.5, 0.6) is 0 Å². The molecule has 0 aliphatic carbocycles. The van der Waals surface area contributed by atoms with Crippen LogP contribution in [-0.4, -0.2) is 13.7 Å². The van der Waals surface area contributed by atoms with Crippen molar-refractivity contribution < 1.29 is 4.74 Å². The standard InChI is InChI=1S/C24H33NO/c1-18(2)14-24(23-13-9-6-10-20(23)4)25-16-19(3)15-21-11-7-8-12-22(21)17-26-5/h6-13,15,18,24-25H,14,16-17H2,1-5H3/b19-15+. The summed E-state index contributed by atoms with van der Waals surface area (Å²) in [5.41, 5.74) is 6.57. The van der Waals surface area contributed by atoms with Crippen LogP contribution in [0.15, 0.2) is 54.1 Å². The van der Waals surface area contributed by atoms with Crippen molar-refractivity contribution in [1.29, 1.82) is 0 Å². The van der Waals surface area contributed by atoms with E-state index in [1.165, 1.54) is 27.8 Å². The maximum absolute atomic E-state index is 5.32. The average Bonchev–Trinajstić information content (AvgIpc) is 2.61. The van der Waals surface area contributed by atoms with Crippen molar-refractivity contribution in [2.75, 3.05) is 13.7 Å². The molecule has 140 valence electrons. The van der Waals surface area contributed by atoms with Crippen LogP contribution in [0.3, 0.4) is 0 Å². The quantitative estimate of drug-likeness (QED) is 0.605. The Bertz CT molecular complexity index is 718. The second kappa shape index (κ2) is 10.3. The summed E-state index contributed by atoms with van der Waals surface area (Å²) < 4.78 is 5.32. The Balaban J connectivity index is 2.12. The Morgan fingerprint density at radius 3 is 2.46 bits per heavy atom. The van der Waals surface area contributed by atoms with E-state index >= 15 is 0 Å². The maximum atomic E-state index is 5.32. The molecule has 26 heavy (non-hydrogen) atoms. The average molecular weight is 352 g/mol. The zero-order chi connectivity index (χ0) is 18.9. The molecular weight excluding hydrogens is 318 g/mol. The van der Waals surface area contributed by atoms with E-state index < -0.39 is 0 Å². The zero-order valence-corrected chi connectivity index (χ0v) is 16.9. The van der Waals surface area contributed by atoms with E-state index in [-0.39, 0.29) is 0 Å². The first-order chi connectivity index (χ1) is 12.5. The molecule has 0 amide bonds. The molecule has 0 heterocycles. The lowest BCUT2D eigenvalue weighted by Gasteiger charge is -2.23. The summed E-state index contributed by atoms with van der Waals surface area (Å²) >= 11 is 0. The van der Waals surface area contributed by atoms with Crippen LogP contribution in [0, 0.1) is 12.8 Å². The topological polar surface area (TPSA) is 21.3 Å². The second-order valence-corrected chi connectivity index (χ2v) is 7.54. The van der Waals surface area contributed by atoms with Gasteiger partial charge in [0, 0.05) is 19.7 Å².